The van der Waals surface area contributed by atoms with Crippen LogP contribution in [0.4, 0.5) is 0 Å². The highest BCUT2D eigenvalue weighted by Crippen LogP contribution is 2.18. The Balaban J connectivity index is 0.00000200. The van der Waals surface area contributed by atoms with Gasteiger partial charge in [0.1, 0.15) is 5.75 Å². The Morgan fingerprint density at radius 2 is 2.35 bits per heavy atom. The Hall–Kier alpha value is -0.970. The molecule has 2 N–H and O–H groups in total. The average molecular weight is 319 g/mol. The highest BCUT2D eigenvalue weighted by molar-refractivity contribution is 6.30. The lowest BCUT2D eigenvalue weighted by molar-refractivity contribution is -0.128. The van der Waals surface area contributed by atoms with Crippen molar-refractivity contribution < 1.29 is 9.53 Å². The highest BCUT2D eigenvalue weighted by Gasteiger charge is 2.20. The maximum absolute atomic E-state index is 12.0. The molecule has 0 radical (unpaired) electrons. The number of rotatable bonds is 4. The lowest BCUT2D eigenvalue weighted by Gasteiger charge is -2.25. The van der Waals surface area contributed by atoms with E-state index >= 15 is 0 Å². The molecule has 1 amide bonds. The number of carbonyl (C=O) groups excluding carboxylic acids is 1. The fraction of sp³-hybridized carbons (Fsp3) is 0.500. The van der Waals surface area contributed by atoms with Gasteiger partial charge in [0, 0.05) is 17.6 Å². The van der Waals surface area contributed by atoms with Gasteiger partial charge in [-0.05, 0) is 44.5 Å². The van der Waals surface area contributed by atoms with Crippen LogP contribution in [0.25, 0.3) is 0 Å². The van der Waals surface area contributed by atoms with Gasteiger partial charge in [0.2, 0.25) is 0 Å². The molecule has 0 aliphatic carbocycles. The molecule has 0 spiro atoms. The molecule has 0 saturated carbocycles. The zero-order valence-corrected chi connectivity index (χ0v) is 13.0. The number of benzene rings is 1. The standard InChI is InChI=1S/C14H19ClN2O2.ClH/c1-10(19-13-6-2-4-11(15)8-13)14(18)17-12-5-3-7-16-9-12;/h2,4,6,8,10,12,16H,3,5,7,9H2,1H3,(H,17,18);1H/t10?,12-;/m1./s1. The molecule has 0 aromatic heterocycles. The third-order valence-corrected chi connectivity index (χ3v) is 3.36. The van der Waals surface area contributed by atoms with Gasteiger partial charge in [0.15, 0.2) is 6.10 Å². The molecule has 1 saturated heterocycles. The number of piperidine rings is 1. The first-order valence-corrected chi connectivity index (χ1v) is 6.96. The van der Waals surface area contributed by atoms with Gasteiger partial charge in [-0.3, -0.25) is 4.79 Å². The van der Waals surface area contributed by atoms with E-state index in [9.17, 15) is 4.79 Å². The number of amides is 1. The number of carbonyl (C=O) groups is 1. The lowest BCUT2D eigenvalue weighted by atomic mass is 10.1. The summed E-state index contributed by atoms with van der Waals surface area (Å²) >= 11 is 5.87. The predicted octanol–water partition coefficient (Wildman–Crippen LogP) is 2.40. The van der Waals surface area contributed by atoms with Crippen molar-refractivity contribution in [3.8, 4) is 5.75 Å². The average Bonchev–Trinajstić information content (AvgIpc) is 2.40. The topological polar surface area (TPSA) is 50.4 Å². The molecule has 1 unspecified atom stereocenters. The summed E-state index contributed by atoms with van der Waals surface area (Å²) in [5.74, 6) is 0.519. The van der Waals surface area contributed by atoms with Crippen molar-refractivity contribution in [1.82, 2.24) is 10.6 Å². The first-order valence-electron chi connectivity index (χ1n) is 6.58. The van der Waals surface area contributed by atoms with E-state index < -0.39 is 6.10 Å². The zero-order valence-electron chi connectivity index (χ0n) is 11.4. The van der Waals surface area contributed by atoms with Crippen LogP contribution >= 0.6 is 24.0 Å². The van der Waals surface area contributed by atoms with Gasteiger partial charge in [-0.2, -0.15) is 0 Å². The summed E-state index contributed by atoms with van der Waals surface area (Å²) in [6.45, 7) is 3.60. The summed E-state index contributed by atoms with van der Waals surface area (Å²) in [6.07, 6.45) is 1.58. The summed E-state index contributed by atoms with van der Waals surface area (Å²) in [6, 6.07) is 7.26. The largest absolute Gasteiger partial charge is 0.481 e. The van der Waals surface area contributed by atoms with Gasteiger partial charge in [-0.25, -0.2) is 0 Å². The van der Waals surface area contributed by atoms with Crippen LogP contribution in [0, 0.1) is 0 Å². The molecule has 1 aliphatic heterocycles. The molecule has 1 aliphatic rings. The van der Waals surface area contributed by atoms with Crippen molar-refractivity contribution in [2.75, 3.05) is 13.1 Å². The molecule has 1 aromatic carbocycles. The van der Waals surface area contributed by atoms with Crippen molar-refractivity contribution >= 4 is 29.9 Å². The van der Waals surface area contributed by atoms with Gasteiger partial charge in [-0.15, -0.1) is 12.4 Å². The summed E-state index contributed by atoms with van der Waals surface area (Å²) in [7, 11) is 0. The van der Waals surface area contributed by atoms with Crippen LogP contribution in [-0.2, 0) is 4.79 Å². The maximum Gasteiger partial charge on any atom is 0.261 e. The minimum atomic E-state index is -0.527. The second-order valence-electron chi connectivity index (χ2n) is 4.77. The molecule has 2 rings (SSSR count). The molecule has 2 atom stereocenters. The van der Waals surface area contributed by atoms with E-state index in [0.29, 0.717) is 10.8 Å². The number of hydrogen-bond donors (Lipinski definition) is 2. The number of ether oxygens (including phenoxy) is 1. The van der Waals surface area contributed by atoms with Crippen molar-refractivity contribution in [2.45, 2.75) is 31.9 Å². The SMILES string of the molecule is CC(Oc1cccc(Cl)c1)C(=O)N[C@@H]1CCCNC1.Cl. The Labute approximate surface area is 130 Å². The smallest absolute Gasteiger partial charge is 0.261 e. The van der Waals surface area contributed by atoms with Crippen LogP contribution < -0.4 is 15.4 Å². The summed E-state index contributed by atoms with van der Waals surface area (Å²) < 4.78 is 5.58. The van der Waals surface area contributed by atoms with E-state index in [2.05, 4.69) is 10.6 Å². The normalized spacial score (nSPS) is 19.6. The Bertz CT molecular complexity index is 437. The Morgan fingerprint density at radius 1 is 1.55 bits per heavy atom. The van der Waals surface area contributed by atoms with Gasteiger partial charge in [0.05, 0.1) is 0 Å². The van der Waals surface area contributed by atoms with Crippen LogP contribution in [-0.4, -0.2) is 31.1 Å². The van der Waals surface area contributed by atoms with E-state index in [0.717, 1.165) is 25.9 Å². The monoisotopic (exact) mass is 318 g/mol. The van der Waals surface area contributed by atoms with E-state index in [1.807, 2.05) is 0 Å². The van der Waals surface area contributed by atoms with Crippen LogP contribution in [0.5, 0.6) is 5.75 Å². The minimum Gasteiger partial charge on any atom is -0.481 e. The molecule has 6 heteroatoms. The zero-order chi connectivity index (χ0) is 13.7. The second kappa shape index (κ2) is 8.35. The fourth-order valence-corrected chi connectivity index (χ4v) is 2.27. The van der Waals surface area contributed by atoms with Crippen molar-refractivity contribution in [2.24, 2.45) is 0 Å². The van der Waals surface area contributed by atoms with Crippen molar-refractivity contribution in [3.05, 3.63) is 29.3 Å². The quantitative estimate of drug-likeness (QED) is 0.896. The van der Waals surface area contributed by atoms with Crippen LogP contribution in [0.3, 0.4) is 0 Å². The number of hydrogen-bond acceptors (Lipinski definition) is 3. The third-order valence-electron chi connectivity index (χ3n) is 3.12. The molecule has 20 heavy (non-hydrogen) atoms. The van der Waals surface area contributed by atoms with E-state index in [1.165, 1.54) is 0 Å². The van der Waals surface area contributed by atoms with E-state index in [1.54, 1.807) is 31.2 Å². The molecule has 1 aromatic rings. The van der Waals surface area contributed by atoms with Gasteiger partial charge < -0.3 is 15.4 Å². The summed E-state index contributed by atoms with van der Waals surface area (Å²) in [5, 5.41) is 6.86. The fourth-order valence-electron chi connectivity index (χ4n) is 2.09. The van der Waals surface area contributed by atoms with Gasteiger partial charge >= 0.3 is 0 Å². The van der Waals surface area contributed by atoms with Crippen LogP contribution in [0.1, 0.15) is 19.8 Å². The third kappa shape index (κ3) is 5.19. The number of halogens is 2. The molecule has 1 fully saturated rings. The Kier molecular flexibility index (Phi) is 7.13. The van der Waals surface area contributed by atoms with Crippen LogP contribution in [0.2, 0.25) is 5.02 Å². The van der Waals surface area contributed by atoms with Gasteiger partial charge in [-0.1, -0.05) is 17.7 Å². The predicted molar refractivity (Wildman–Crippen MR) is 82.8 cm³/mol. The highest BCUT2D eigenvalue weighted by atomic mass is 35.5. The molecule has 112 valence electrons. The lowest BCUT2D eigenvalue weighted by Crippen LogP contribution is -2.49. The van der Waals surface area contributed by atoms with Crippen molar-refractivity contribution in [3.63, 3.8) is 0 Å². The molecule has 1 heterocycles. The molecular formula is C14H20Cl2N2O2. The molecule has 0 bridgehead atoms. The van der Waals surface area contributed by atoms with Crippen LogP contribution in [0.15, 0.2) is 24.3 Å². The first kappa shape index (κ1) is 17.1. The summed E-state index contributed by atoms with van der Waals surface area (Å²) in [5.41, 5.74) is 0. The van der Waals surface area contributed by atoms with E-state index in [4.69, 9.17) is 16.3 Å². The number of nitrogens with one attached hydrogen (secondary N) is 2. The van der Waals surface area contributed by atoms with E-state index in [-0.39, 0.29) is 24.4 Å². The van der Waals surface area contributed by atoms with Crippen molar-refractivity contribution in [1.29, 1.82) is 0 Å². The molecular weight excluding hydrogens is 299 g/mol. The second-order valence-corrected chi connectivity index (χ2v) is 5.21. The minimum absolute atomic E-state index is 0. The maximum atomic E-state index is 12.0. The van der Waals surface area contributed by atoms with Gasteiger partial charge in [0.25, 0.3) is 5.91 Å². The Morgan fingerprint density at radius 3 is 3.00 bits per heavy atom. The summed E-state index contributed by atoms with van der Waals surface area (Å²) in [4.78, 5) is 12.0. The molecule has 4 nitrogen and oxygen atoms in total. The first-order chi connectivity index (χ1) is 9.15.